The average Bonchev–Trinajstić information content (AvgIpc) is 2.68. The maximum absolute atomic E-state index is 12.6. The predicted molar refractivity (Wildman–Crippen MR) is 121 cm³/mol. The van der Waals surface area contributed by atoms with Crippen molar-refractivity contribution in [1.82, 2.24) is 9.97 Å². The van der Waals surface area contributed by atoms with Gasteiger partial charge in [-0.15, -0.1) is 0 Å². The molecule has 0 spiro atoms. The molecular weight excluding hydrogens is 450 g/mol. The fourth-order valence-corrected chi connectivity index (χ4v) is 3.63. The molecule has 3 aromatic rings. The number of rotatable bonds is 8. The van der Waals surface area contributed by atoms with Crippen LogP contribution in [0.2, 0.25) is 25.7 Å². The zero-order valence-corrected chi connectivity index (χ0v) is 19.3. The molecule has 29 heavy (non-hydrogen) atoms. The summed E-state index contributed by atoms with van der Waals surface area (Å²) in [5, 5.41) is 3.72. The van der Waals surface area contributed by atoms with Gasteiger partial charge < -0.3 is 14.8 Å². The number of amides is 1. The van der Waals surface area contributed by atoms with Crippen molar-refractivity contribution in [1.29, 1.82) is 0 Å². The summed E-state index contributed by atoms with van der Waals surface area (Å²) in [6.07, 6.45) is 1.67. The summed E-state index contributed by atoms with van der Waals surface area (Å²) >= 11 is 3.45. The van der Waals surface area contributed by atoms with E-state index >= 15 is 0 Å². The monoisotopic (exact) mass is 473 g/mol. The molecule has 0 aliphatic heterocycles. The number of nitrogens with zero attached hydrogens (tertiary/aromatic N) is 2. The Kier molecular flexibility index (Phi) is 6.99. The Morgan fingerprint density at radius 1 is 1.17 bits per heavy atom. The zero-order chi connectivity index (χ0) is 20.9. The second-order valence-corrected chi connectivity index (χ2v) is 14.3. The highest BCUT2D eigenvalue weighted by atomic mass is 79.9. The van der Waals surface area contributed by atoms with Crippen LogP contribution in [0.5, 0.6) is 5.75 Å². The van der Waals surface area contributed by atoms with E-state index in [1.54, 1.807) is 30.5 Å². The molecule has 1 amide bonds. The van der Waals surface area contributed by atoms with E-state index in [-0.39, 0.29) is 12.7 Å². The first kappa shape index (κ1) is 21.4. The van der Waals surface area contributed by atoms with Crippen molar-refractivity contribution in [2.45, 2.75) is 25.7 Å². The summed E-state index contributed by atoms with van der Waals surface area (Å²) in [5.74, 6) is 0.727. The van der Waals surface area contributed by atoms with Crippen molar-refractivity contribution >= 4 is 46.8 Å². The lowest BCUT2D eigenvalue weighted by atomic mass is 10.2. The van der Waals surface area contributed by atoms with Gasteiger partial charge >= 0.3 is 0 Å². The van der Waals surface area contributed by atoms with Gasteiger partial charge in [-0.2, -0.15) is 0 Å². The highest BCUT2D eigenvalue weighted by Crippen LogP contribution is 2.26. The smallest absolute Gasteiger partial charge is 0.256 e. The van der Waals surface area contributed by atoms with E-state index in [2.05, 4.69) is 50.9 Å². The standard InChI is InChI=1S/C21H24BrN3O3Si/c1-29(2,3)12-11-27-14-28-18-13-16(6-8-17(18)22)21(26)25-19-9-7-15-5-4-10-23-20(15)24-19/h4-10,13H,11-12,14H2,1-3H3,(H,23,24,25,26). The van der Waals surface area contributed by atoms with E-state index in [0.717, 1.165) is 15.9 Å². The summed E-state index contributed by atoms with van der Waals surface area (Å²) in [4.78, 5) is 21.2. The molecule has 0 saturated heterocycles. The SMILES string of the molecule is C[Si](C)(C)CCOCOc1cc(C(=O)Nc2ccc3cccnc3n2)ccc1Br. The van der Waals surface area contributed by atoms with Crippen molar-refractivity contribution in [2.24, 2.45) is 0 Å². The van der Waals surface area contributed by atoms with Crippen LogP contribution in [0.15, 0.2) is 53.1 Å². The number of halogens is 1. The lowest BCUT2D eigenvalue weighted by Gasteiger charge is -2.16. The number of hydrogen-bond acceptors (Lipinski definition) is 5. The number of pyridine rings is 2. The van der Waals surface area contributed by atoms with Gasteiger partial charge in [-0.3, -0.25) is 4.79 Å². The molecule has 0 bridgehead atoms. The van der Waals surface area contributed by atoms with E-state index in [4.69, 9.17) is 9.47 Å². The molecule has 0 fully saturated rings. The first-order valence-electron chi connectivity index (χ1n) is 9.35. The molecule has 0 saturated carbocycles. The van der Waals surface area contributed by atoms with Gasteiger partial charge in [-0.1, -0.05) is 19.6 Å². The molecule has 0 unspecified atom stereocenters. The minimum absolute atomic E-state index is 0.145. The molecule has 0 aliphatic carbocycles. The van der Waals surface area contributed by atoms with Gasteiger partial charge in [0.15, 0.2) is 12.4 Å². The number of carbonyl (C=O) groups is 1. The number of hydrogen-bond donors (Lipinski definition) is 1. The highest BCUT2D eigenvalue weighted by molar-refractivity contribution is 9.10. The Morgan fingerprint density at radius 3 is 2.79 bits per heavy atom. The van der Waals surface area contributed by atoms with Crippen molar-refractivity contribution in [3.05, 3.63) is 58.7 Å². The topological polar surface area (TPSA) is 73.3 Å². The summed E-state index contributed by atoms with van der Waals surface area (Å²) < 4.78 is 12.0. The number of nitrogens with one attached hydrogen (secondary N) is 1. The maximum atomic E-state index is 12.6. The molecule has 3 rings (SSSR count). The Hall–Kier alpha value is -2.29. The summed E-state index contributed by atoms with van der Waals surface area (Å²) in [6, 6.07) is 13.7. The second-order valence-electron chi connectivity index (χ2n) is 7.83. The second kappa shape index (κ2) is 9.47. The zero-order valence-electron chi connectivity index (χ0n) is 16.7. The molecule has 6 nitrogen and oxygen atoms in total. The Morgan fingerprint density at radius 2 is 2.00 bits per heavy atom. The molecule has 8 heteroatoms. The third-order valence-corrected chi connectivity index (χ3v) is 6.55. The molecule has 1 aromatic carbocycles. The molecular formula is C21H24BrN3O3Si. The van der Waals surface area contributed by atoms with Crippen LogP contribution in [0.3, 0.4) is 0 Å². The normalized spacial score (nSPS) is 11.4. The molecule has 0 radical (unpaired) electrons. The van der Waals surface area contributed by atoms with Crippen LogP contribution in [0.25, 0.3) is 11.0 Å². The van der Waals surface area contributed by atoms with Gasteiger partial charge in [0.05, 0.1) is 4.47 Å². The van der Waals surface area contributed by atoms with E-state index in [9.17, 15) is 4.79 Å². The van der Waals surface area contributed by atoms with Crippen molar-refractivity contribution < 1.29 is 14.3 Å². The van der Waals surface area contributed by atoms with Crippen LogP contribution in [-0.2, 0) is 4.74 Å². The average molecular weight is 474 g/mol. The lowest BCUT2D eigenvalue weighted by Crippen LogP contribution is -2.22. The van der Waals surface area contributed by atoms with Crippen molar-refractivity contribution in [3.8, 4) is 5.75 Å². The minimum Gasteiger partial charge on any atom is -0.466 e. The number of fused-ring (bicyclic) bond motifs is 1. The first-order chi connectivity index (χ1) is 13.8. The van der Waals surface area contributed by atoms with Gasteiger partial charge in [0.1, 0.15) is 11.6 Å². The third-order valence-electron chi connectivity index (χ3n) is 4.19. The van der Waals surface area contributed by atoms with Crippen LogP contribution >= 0.6 is 15.9 Å². The van der Waals surface area contributed by atoms with Gasteiger partial charge in [0, 0.05) is 31.8 Å². The summed E-state index contributed by atoms with van der Waals surface area (Å²) in [7, 11) is -1.13. The van der Waals surface area contributed by atoms with Crippen LogP contribution in [0.1, 0.15) is 10.4 Å². The molecule has 2 aromatic heterocycles. The fourth-order valence-electron chi connectivity index (χ4n) is 2.51. The first-order valence-corrected chi connectivity index (χ1v) is 13.8. The highest BCUT2D eigenvalue weighted by Gasteiger charge is 2.13. The van der Waals surface area contributed by atoms with E-state index in [1.165, 1.54) is 0 Å². The molecule has 2 heterocycles. The Balaban J connectivity index is 1.62. The third kappa shape index (κ3) is 6.35. The Bertz CT molecular complexity index is 1010. The van der Waals surface area contributed by atoms with Crippen LogP contribution in [0.4, 0.5) is 5.82 Å². The molecule has 1 N–H and O–H groups in total. The van der Waals surface area contributed by atoms with Gasteiger partial charge in [0.2, 0.25) is 0 Å². The number of benzene rings is 1. The van der Waals surface area contributed by atoms with Crippen molar-refractivity contribution in [3.63, 3.8) is 0 Å². The lowest BCUT2D eigenvalue weighted by molar-refractivity contribution is 0.0215. The molecule has 0 aliphatic rings. The molecule has 152 valence electrons. The maximum Gasteiger partial charge on any atom is 0.256 e. The predicted octanol–water partition coefficient (Wildman–Crippen LogP) is 5.34. The van der Waals surface area contributed by atoms with Gasteiger partial charge in [-0.25, -0.2) is 9.97 Å². The summed E-state index contributed by atoms with van der Waals surface area (Å²) in [6.45, 7) is 7.73. The number of ether oxygens (including phenoxy) is 2. The summed E-state index contributed by atoms with van der Waals surface area (Å²) in [5.41, 5.74) is 1.05. The van der Waals surface area contributed by atoms with Crippen molar-refractivity contribution in [2.75, 3.05) is 18.7 Å². The number of anilines is 1. The van der Waals surface area contributed by atoms with Crippen LogP contribution in [-0.4, -0.2) is 37.3 Å². The van der Waals surface area contributed by atoms with E-state index in [1.807, 2.05) is 18.2 Å². The van der Waals surface area contributed by atoms with E-state index < -0.39 is 8.07 Å². The minimum atomic E-state index is -1.13. The molecule has 0 atom stereocenters. The van der Waals surface area contributed by atoms with Gasteiger partial charge in [0.25, 0.3) is 5.91 Å². The number of carbonyl (C=O) groups excluding carboxylic acids is 1. The largest absolute Gasteiger partial charge is 0.466 e. The van der Waals surface area contributed by atoms with Gasteiger partial charge in [-0.05, 0) is 64.4 Å². The number of aromatic nitrogens is 2. The van der Waals surface area contributed by atoms with Crippen LogP contribution < -0.4 is 10.1 Å². The Labute approximate surface area is 179 Å². The van der Waals surface area contributed by atoms with Crippen LogP contribution in [0, 0.1) is 0 Å². The quantitative estimate of drug-likeness (QED) is 0.271. The van der Waals surface area contributed by atoms with E-state index in [0.29, 0.717) is 29.4 Å². The fraction of sp³-hybridized carbons (Fsp3) is 0.286.